The van der Waals surface area contributed by atoms with Gasteiger partial charge in [0.05, 0.1) is 13.2 Å². The zero-order chi connectivity index (χ0) is 20.7. The smallest absolute Gasteiger partial charge is 0.413 e. The van der Waals surface area contributed by atoms with Crippen LogP contribution >= 0.6 is 0 Å². The Labute approximate surface area is 158 Å². The molecule has 1 heterocycles. The van der Waals surface area contributed by atoms with Crippen molar-refractivity contribution in [3.63, 3.8) is 0 Å². The topological polar surface area (TPSA) is 85.3 Å². The molecule has 1 aliphatic rings. The quantitative estimate of drug-likeness (QED) is 0.589. The molecule has 1 saturated heterocycles. The van der Waals surface area contributed by atoms with Crippen LogP contribution in [0, 0.1) is 0 Å². The summed E-state index contributed by atoms with van der Waals surface area (Å²) < 4.78 is 16.6. The monoisotopic (exact) mass is 389 g/mol. The van der Waals surface area contributed by atoms with Crippen LogP contribution in [-0.2, 0) is 18.7 Å². The fourth-order valence-corrected chi connectivity index (χ4v) is 4.04. The molecule has 26 heavy (non-hydrogen) atoms. The molecule has 1 aliphatic heterocycles. The molecule has 8 heteroatoms. The second-order valence-electron chi connectivity index (χ2n) is 9.59. The van der Waals surface area contributed by atoms with E-state index in [1.807, 2.05) is 0 Å². The lowest BCUT2D eigenvalue weighted by molar-refractivity contribution is -0.155. The van der Waals surface area contributed by atoms with Crippen molar-refractivity contribution in [1.29, 1.82) is 0 Å². The van der Waals surface area contributed by atoms with Crippen molar-refractivity contribution in [1.82, 2.24) is 4.90 Å². The van der Waals surface area contributed by atoms with Crippen molar-refractivity contribution < 1.29 is 28.6 Å². The molecule has 0 aromatic carbocycles. The molecular formula is C18H35NO6Si. The molecular weight excluding hydrogens is 354 g/mol. The zero-order valence-electron chi connectivity index (χ0n) is 17.8. The summed E-state index contributed by atoms with van der Waals surface area (Å²) in [5, 5.41) is 11.1. The van der Waals surface area contributed by atoms with Crippen LogP contribution in [0.5, 0.6) is 0 Å². The Balaban J connectivity index is 3.23. The van der Waals surface area contributed by atoms with Gasteiger partial charge in [-0.1, -0.05) is 20.8 Å². The summed E-state index contributed by atoms with van der Waals surface area (Å²) in [6.45, 7) is 17.1. The molecule has 152 valence electrons. The van der Waals surface area contributed by atoms with Gasteiger partial charge in [0.1, 0.15) is 11.6 Å². The van der Waals surface area contributed by atoms with Crippen LogP contribution in [-0.4, -0.2) is 61.0 Å². The van der Waals surface area contributed by atoms with Crippen molar-refractivity contribution in [2.45, 2.75) is 96.5 Å². The number of carbonyl (C=O) groups excluding carboxylic acids is 2. The van der Waals surface area contributed by atoms with Crippen molar-refractivity contribution in [3.8, 4) is 0 Å². The number of hydrogen-bond donors (Lipinski definition) is 1. The summed E-state index contributed by atoms with van der Waals surface area (Å²) in [4.78, 5) is 26.0. The highest BCUT2D eigenvalue weighted by Crippen LogP contribution is 2.43. The van der Waals surface area contributed by atoms with Gasteiger partial charge in [-0.05, 0) is 45.8 Å². The number of aliphatic hydroxyl groups is 1. The Hall–Kier alpha value is -1.12. The van der Waals surface area contributed by atoms with E-state index in [9.17, 15) is 14.7 Å². The van der Waals surface area contributed by atoms with E-state index in [4.69, 9.17) is 13.9 Å². The summed E-state index contributed by atoms with van der Waals surface area (Å²) >= 11 is 0. The number of amides is 1. The number of carbonyl (C=O) groups is 2. The summed E-state index contributed by atoms with van der Waals surface area (Å²) in [6.07, 6.45) is -1.31. The van der Waals surface area contributed by atoms with E-state index < -0.39 is 43.9 Å². The number of rotatable bonds is 3. The van der Waals surface area contributed by atoms with Gasteiger partial charge < -0.3 is 19.0 Å². The molecule has 0 radical (unpaired) electrons. The van der Waals surface area contributed by atoms with Crippen LogP contribution in [0.3, 0.4) is 0 Å². The lowest BCUT2D eigenvalue weighted by atomic mass is 10.1. The molecule has 1 rings (SSSR count). The van der Waals surface area contributed by atoms with Gasteiger partial charge in [0.25, 0.3) is 0 Å². The van der Waals surface area contributed by atoms with Crippen molar-refractivity contribution >= 4 is 20.4 Å². The normalized spacial score (nSPS) is 27.4. The van der Waals surface area contributed by atoms with Crippen molar-refractivity contribution in [2.75, 3.05) is 7.11 Å². The number of esters is 1. The number of likely N-dealkylation sites (tertiary alicyclic amines) is 1. The standard InChI is InChI=1S/C18H35NO6Si/c1-16(2,3)24-15(21)19-12(14(20)23-8)11-13(18(19,7)22)25-26(9,10)17(4,5)6/h12-13,22H,11H2,1-10H3/t12-,13?,18?/m0/s1. The van der Waals surface area contributed by atoms with Crippen LogP contribution in [0.15, 0.2) is 0 Å². The van der Waals surface area contributed by atoms with Gasteiger partial charge >= 0.3 is 12.1 Å². The maximum absolute atomic E-state index is 12.7. The molecule has 0 aromatic rings. The van der Waals surface area contributed by atoms with E-state index >= 15 is 0 Å². The van der Waals surface area contributed by atoms with E-state index in [0.717, 1.165) is 4.90 Å². The first kappa shape index (κ1) is 22.9. The third-order valence-electron chi connectivity index (χ3n) is 5.15. The molecule has 0 aromatic heterocycles. The third-order valence-corrected chi connectivity index (χ3v) is 9.64. The Morgan fingerprint density at radius 1 is 1.15 bits per heavy atom. The minimum Gasteiger partial charge on any atom is -0.467 e. The molecule has 2 unspecified atom stereocenters. The van der Waals surface area contributed by atoms with Gasteiger partial charge in [-0.15, -0.1) is 0 Å². The van der Waals surface area contributed by atoms with Gasteiger partial charge in [-0.3, -0.25) is 4.90 Å². The fourth-order valence-electron chi connectivity index (χ4n) is 2.66. The number of nitrogens with zero attached hydrogens (tertiary/aromatic N) is 1. The summed E-state index contributed by atoms with van der Waals surface area (Å²) in [5.74, 6) is -0.600. The van der Waals surface area contributed by atoms with Crippen molar-refractivity contribution in [3.05, 3.63) is 0 Å². The van der Waals surface area contributed by atoms with E-state index in [-0.39, 0.29) is 11.5 Å². The first-order valence-corrected chi connectivity index (χ1v) is 11.8. The van der Waals surface area contributed by atoms with E-state index in [2.05, 4.69) is 33.9 Å². The molecule has 1 fully saturated rings. The van der Waals surface area contributed by atoms with Gasteiger partial charge in [-0.2, -0.15) is 0 Å². The molecule has 0 saturated carbocycles. The number of ether oxygens (including phenoxy) is 2. The fraction of sp³-hybridized carbons (Fsp3) is 0.889. The van der Waals surface area contributed by atoms with Gasteiger partial charge in [0.2, 0.25) is 0 Å². The van der Waals surface area contributed by atoms with Crippen LogP contribution in [0.4, 0.5) is 4.79 Å². The highest BCUT2D eigenvalue weighted by atomic mass is 28.4. The van der Waals surface area contributed by atoms with Crippen LogP contribution in [0.25, 0.3) is 0 Å². The maximum atomic E-state index is 12.7. The third kappa shape index (κ3) is 4.78. The lowest BCUT2D eigenvalue weighted by Gasteiger charge is -2.42. The average molecular weight is 390 g/mol. The number of hydrogen-bond acceptors (Lipinski definition) is 6. The second kappa shape index (κ2) is 7.13. The van der Waals surface area contributed by atoms with Gasteiger partial charge in [0, 0.05) is 6.42 Å². The van der Waals surface area contributed by atoms with Crippen LogP contribution < -0.4 is 0 Å². The van der Waals surface area contributed by atoms with Crippen molar-refractivity contribution in [2.24, 2.45) is 0 Å². The molecule has 0 aliphatic carbocycles. The predicted molar refractivity (Wildman–Crippen MR) is 101 cm³/mol. The minimum atomic E-state index is -2.24. The average Bonchev–Trinajstić information content (AvgIpc) is 2.65. The molecule has 1 N–H and O–H groups in total. The van der Waals surface area contributed by atoms with E-state index in [1.165, 1.54) is 14.0 Å². The largest absolute Gasteiger partial charge is 0.467 e. The van der Waals surface area contributed by atoms with E-state index in [1.54, 1.807) is 20.8 Å². The van der Waals surface area contributed by atoms with Gasteiger partial charge in [0.15, 0.2) is 14.0 Å². The Bertz CT molecular complexity index is 547. The van der Waals surface area contributed by atoms with E-state index in [0.29, 0.717) is 0 Å². The molecule has 3 atom stereocenters. The van der Waals surface area contributed by atoms with Gasteiger partial charge in [-0.25, -0.2) is 9.59 Å². The Morgan fingerprint density at radius 3 is 2.04 bits per heavy atom. The molecule has 0 bridgehead atoms. The maximum Gasteiger partial charge on any atom is 0.413 e. The molecule has 7 nitrogen and oxygen atoms in total. The molecule has 0 spiro atoms. The summed E-state index contributed by atoms with van der Waals surface area (Å²) in [7, 11) is -0.979. The lowest BCUT2D eigenvalue weighted by Crippen LogP contribution is -2.58. The molecule has 1 amide bonds. The van der Waals surface area contributed by atoms with Crippen LogP contribution in [0.2, 0.25) is 18.1 Å². The Kier molecular flexibility index (Phi) is 6.28. The summed E-state index contributed by atoms with van der Waals surface area (Å²) in [6, 6.07) is -0.959. The zero-order valence-corrected chi connectivity index (χ0v) is 18.8. The SMILES string of the molecule is COC(=O)[C@@H]1CC(O[Si](C)(C)C(C)(C)C)C(C)(O)N1C(=O)OC(C)(C)C. The summed E-state index contributed by atoms with van der Waals surface area (Å²) in [5.41, 5.74) is -2.44. The second-order valence-corrected chi connectivity index (χ2v) is 14.3. The predicted octanol–water partition coefficient (Wildman–Crippen LogP) is 3.27. The highest BCUT2D eigenvalue weighted by molar-refractivity contribution is 6.74. The first-order valence-electron chi connectivity index (χ1n) is 8.94. The first-order chi connectivity index (χ1) is 11.4. The number of methoxy groups -OCH3 is 1. The minimum absolute atomic E-state index is 0.0802. The van der Waals surface area contributed by atoms with Crippen LogP contribution in [0.1, 0.15) is 54.9 Å². The highest BCUT2D eigenvalue weighted by Gasteiger charge is 2.58. The Morgan fingerprint density at radius 2 is 1.65 bits per heavy atom.